The largest absolute Gasteiger partial charge is 0.455 e. The predicted molar refractivity (Wildman–Crippen MR) is 281 cm³/mol. The average Bonchev–Trinajstić information content (AvgIpc) is 3.98. The third-order valence-electron chi connectivity index (χ3n) is 17.9. The van der Waals surface area contributed by atoms with E-state index in [0.29, 0.717) is 5.92 Å². The molecule has 68 heavy (non-hydrogen) atoms. The third-order valence-corrected chi connectivity index (χ3v) is 17.9. The van der Waals surface area contributed by atoms with E-state index in [1.54, 1.807) is 0 Å². The first-order valence-electron chi connectivity index (χ1n) is 25.2. The molecule has 0 radical (unpaired) electrons. The number of anilines is 3. The fourth-order valence-electron chi connectivity index (χ4n) is 15.4. The lowest BCUT2D eigenvalue weighted by Gasteiger charge is -2.54. The minimum Gasteiger partial charge on any atom is -0.455 e. The fraction of sp³-hybridized carbons (Fsp3) is 0.212. The van der Waals surface area contributed by atoms with Gasteiger partial charge >= 0.3 is 0 Å². The van der Waals surface area contributed by atoms with E-state index in [2.05, 4.69) is 213 Å². The smallest absolute Gasteiger partial charge is 0.143 e. The number of benzene rings is 9. The van der Waals surface area contributed by atoms with E-state index in [0.717, 1.165) is 51.6 Å². The SMILES string of the molecule is CC1(C)c2ccccc2-c2ccc(N(c3ccc4c(c3)C(c3ccccc3)(c3ccccc3)c3ccccc3-4)c3cc4c(oc5cccc(C6C7CC8CC(C7)CC6C8)c54)c4ccccc34)cc21. The molecule has 0 N–H and O–H groups in total. The van der Waals surface area contributed by atoms with Gasteiger partial charge in [0.2, 0.25) is 0 Å². The van der Waals surface area contributed by atoms with Crippen molar-refractivity contribution in [1.82, 2.24) is 0 Å². The molecule has 4 bridgehead atoms. The van der Waals surface area contributed by atoms with Crippen LogP contribution in [0.2, 0.25) is 0 Å². The molecule has 0 aliphatic heterocycles. The van der Waals surface area contributed by atoms with Crippen LogP contribution < -0.4 is 4.90 Å². The Balaban J connectivity index is 1.02. The van der Waals surface area contributed by atoms with Crippen LogP contribution >= 0.6 is 0 Å². The van der Waals surface area contributed by atoms with E-state index >= 15 is 0 Å². The van der Waals surface area contributed by atoms with Gasteiger partial charge in [0.25, 0.3) is 0 Å². The summed E-state index contributed by atoms with van der Waals surface area (Å²) in [5.41, 5.74) is 19.5. The summed E-state index contributed by atoms with van der Waals surface area (Å²) in [4.78, 5) is 2.59. The Bertz CT molecular complexity index is 3620. The van der Waals surface area contributed by atoms with E-state index in [1.165, 1.54) is 115 Å². The van der Waals surface area contributed by atoms with Gasteiger partial charge < -0.3 is 9.32 Å². The molecule has 9 aromatic carbocycles. The highest BCUT2D eigenvalue weighted by Crippen LogP contribution is 2.62. The lowest BCUT2D eigenvalue weighted by Crippen LogP contribution is -2.43. The number of nitrogens with zero attached hydrogens (tertiary/aromatic N) is 1. The quantitative estimate of drug-likeness (QED) is 0.165. The molecule has 6 aliphatic rings. The van der Waals surface area contributed by atoms with Crippen LogP contribution in [0.15, 0.2) is 199 Å². The maximum atomic E-state index is 7.12. The van der Waals surface area contributed by atoms with Crippen molar-refractivity contribution in [2.75, 3.05) is 4.90 Å². The first-order chi connectivity index (χ1) is 33.4. The highest BCUT2D eigenvalue weighted by atomic mass is 16.3. The summed E-state index contributed by atoms with van der Waals surface area (Å²) >= 11 is 0. The molecule has 0 amide bonds. The summed E-state index contributed by atoms with van der Waals surface area (Å²) in [5.74, 6) is 3.96. The Labute approximate surface area is 398 Å². The highest BCUT2D eigenvalue weighted by Gasteiger charge is 2.50. The first-order valence-corrected chi connectivity index (χ1v) is 25.2. The van der Waals surface area contributed by atoms with Crippen molar-refractivity contribution < 1.29 is 4.42 Å². The zero-order valence-corrected chi connectivity index (χ0v) is 38.8. The molecule has 328 valence electrons. The molecule has 0 unspecified atom stereocenters. The number of furan rings is 1. The van der Waals surface area contributed by atoms with Crippen LogP contribution in [-0.2, 0) is 10.8 Å². The molecular weight excluding hydrogens is 823 g/mol. The van der Waals surface area contributed by atoms with E-state index in [1.807, 2.05) is 0 Å². The Kier molecular flexibility index (Phi) is 8.12. The number of fused-ring (bicyclic) bond motifs is 11. The zero-order chi connectivity index (χ0) is 44.9. The summed E-state index contributed by atoms with van der Waals surface area (Å²) in [7, 11) is 0. The van der Waals surface area contributed by atoms with E-state index in [4.69, 9.17) is 4.42 Å². The Morgan fingerprint density at radius 2 is 0.985 bits per heavy atom. The van der Waals surface area contributed by atoms with Crippen molar-refractivity contribution >= 4 is 49.8 Å². The number of hydrogen-bond donors (Lipinski definition) is 0. The third kappa shape index (κ3) is 5.24. The monoisotopic (exact) mass is 875 g/mol. The number of rotatable bonds is 6. The van der Waals surface area contributed by atoms with Crippen LogP contribution in [0.3, 0.4) is 0 Å². The van der Waals surface area contributed by atoms with Crippen molar-refractivity contribution in [3.8, 4) is 22.3 Å². The van der Waals surface area contributed by atoms with Crippen LogP contribution in [0.4, 0.5) is 17.1 Å². The summed E-state index contributed by atoms with van der Waals surface area (Å²) in [6, 6.07) is 73.7. The van der Waals surface area contributed by atoms with Crippen molar-refractivity contribution in [2.24, 2.45) is 23.7 Å². The average molecular weight is 876 g/mol. The molecular formula is C66H53NO. The van der Waals surface area contributed by atoms with Crippen LogP contribution in [0.5, 0.6) is 0 Å². The van der Waals surface area contributed by atoms with Crippen LogP contribution in [0.25, 0.3) is 55.0 Å². The van der Waals surface area contributed by atoms with Crippen molar-refractivity contribution in [1.29, 1.82) is 0 Å². The van der Waals surface area contributed by atoms with E-state index < -0.39 is 5.41 Å². The van der Waals surface area contributed by atoms with Gasteiger partial charge in [0.1, 0.15) is 11.2 Å². The van der Waals surface area contributed by atoms with Gasteiger partial charge in [-0.3, -0.25) is 0 Å². The molecule has 0 spiro atoms. The summed E-state index contributed by atoms with van der Waals surface area (Å²) < 4.78 is 7.12. The molecule has 2 heteroatoms. The lowest BCUT2D eigenvalue weighted by atomic mass is 9.50. The minimum atomic E-state index is -0.530. The van der Waals surface area contributed by atoms with Gasteiger partial charge in [-0.1, -0.05) is 172 Å². The summed E-state index contributed by atoms with van der Waals surface area (Å²) in [6.45, 7) is 4.80. The Morgan fingerprint density at radius 3 is 1.66 bits per heavy atom. The predicted octanol–water partition coefficient (Wildman–Crippen LogP) is 17.4. The molecule has 2 nitrogen and oxygen atoms in total. The minimum absolute atomic E-state index is 0.163. The van der Waals surface area contributed by atoms with Crippen molar-refractivity contribution in [3.63, 3.8) is 0 Å². The van der Waals surface area contributed by atoms with Gasteiger partial charge in [-0.15, -0.1) is 0 Å². The van der Waals surface area contributed by atoms with Crippen molar-refractivity contribution in [3.05, 3.63) is 233 Å². The number of hydrogen-bond acceptors (Lipinski definition) is 2. The molecule has 0 saturated heterocycles. The zero-order valence-electron chi connectivity index (χ0n) is 38.8. The topological polar surface area (TPSA) is 16.4 Å². The van der Waals surface area contributed by atoms with E-state index in [9.17, 15) is 0 Å². The van der Waals surface area contributed by atoms with Gasteiger partial charge in [0.15, 0.2) is 0 Å². The molecule has 4 saturated carbocycles. The van der Waals surface area contributed by atoms with Gasteiger partial charge in [-0.2, -0.15) is 0 Å². The molecule has 6 aliphatic carbocycles. The molecule has 10 aromatic rings. The molecule has 1 aromatic heterocycles. The first kappa shape index (κ1) is 38.9. The second kappa shape index (κ2) is 14.2. The van der Waals surface area contributed by atoms with E-state index in [-0.39, 0.29) is 5.41 Å². The summed E-state index contributed by atoms with van der Waals surface area (Å²) in [6.07, 6.45) is 7.02. The van der Waals surface area contributed by atoms with Gasteiger partial charge in [-0.05, 0) is 159 Å². The molecule has 1 heterocycles. The molecule has 16 rings (SSSR count). The van der Waals surface area contributed by atoms with Gasteiger partial charge in [0, 0.05) is 38.3 Å². The lowest BCUT2D eigenvalue weighted by molar-refractivity contribution is -0.00229. The highest BCUT2D eigenvalue weighted by molar-refractivity contribution is 6.20. The maximum Gasteiger partial charge on any atom is 0.143 e. The Morgan fingerprint density at radius 1 is 0.441 bits per heavy atom. The van der Waals surface area contributed by atoms with Crippen LogP contribution in [-0.4, -0.2) is 0 Å². The fourth-order valence-corrected chi connectivity index (χ4v) is 15.4. The van der Waals surface area contributed by atoms with Crippen LogP contribution in [0, 0.1) is 23.7 Å². The normalized spacial score (nSPS) is 22.1. The second-order valence-electron chi connectivity index (χ2n) is 21.6. The van der Waals surface area contributed by atoms with Crippen LogP contribution in [0.1, 0.15) is 90.8 Å². The van der Waals surface area contributed by atoms with Gasteiger partial charge in [-0.25, -0.2) is 0 Å². The standard InChI is InChI=1S/C66H53NO/c1-65(2)56-25-13-11-20-48(56)50-30-28-46(37-58(50)65)67(47-29-31-51-49-21-12-14-26-57(49)66(59(51)38-47,44-16-5-3-6-17-44)45-18-7-4-8-19-45)60-39-55-63-54(62-42-33-40-32-41(35-42)36-43(62)34-40)24-15-27-61(63)68-64(55)53-23-10-9-22-52(53)60/h3-31,37-43,62H,32-36H2,1-2H3. The molecule has 4 fully saturated rings. The summed E-state index contributed by atoms with van der Waals surface area (Å²) in [5, 5.41) is 4.89. The maximum absolute atomic E-state index is 7.12. The Hall–Kier alpha value is -7.16. The van der Waals surface area contributed by atoms with Crippen molar-refractivity contribution in [2.45, 2.75) is 62.7 Å². The van der Waals surface area contributed by atoms with Gasteiger partial charge in [0.05, 0.1) is 11.1 Å². The molecule has 0 atom stereocenters. The second-order valence-corrected chi connectivity index (χ2v) is 21.6.